The lowest BCUT2D eigenvalue weighted by Crippen LogP contribution is -2.23. The number of aryl methyl sites for hydroxylation is 1. The van der Waals surface area contributed by atoms with Crippen LogP contribution in [-0.4, -0.2) is 31.6 Å². The molecule has 27 heavy (non-hydrogen) atoms. The largest absolute Gasteiger partial charge is 0.339 e. The van der Waals surface area contributed by atoms with Gasteiger partial charge in [0.2, 0.25) is 5.89 Å². The third kappa shape index (κ3) is 5.44. The quantitative estimate of drug-likeness (QED) is 0.600. The van der Waals surface area contributed by atoms with Crippen molar-refractivity contribution in [3.63, 3.8) is 0 Å². The van der Waals surface area contributed by atoms with E-state index in [1.165, 1.54) is 5.56 Å². The normalized spacial score (nSPS) is 11.5. The molecular weight excluding hydrogens is 338 g/mol. The number of hydrogen-bond acceptors (Lipinski definition) is 6. The Labute approximate surface area is 160 Å². The van der Waals surface area contributed by atoms with Crippen LogP contribution in [0.15, 0.2) is 41.2 Å². The molecule has 0 N–H and O–H groups in total. The maximum absolute atomic E-state index is 5.33. The number of aromatic nitrogens is 4. The van der Waals surface area contributed by atoms with Crippen molar-refractivity contribution in [1.82, 2.24) is 25.0 Å². The standard InChI is InChI=1S/C21H27N5O/c1-5-26(14-19-24-20(27-25-19)9-15(2)3)13-17-11-22-21(23-12-17)18-8-6-7-16(4)10-18/h6-8,10-12,15H,5,9,13-14H2,1-4H3. The highest BCUT2D eigenvalue weighted by molar-refractivity contribution is 5.55. The van der Waals surface area contributed by atoms with Gasteiger partial charge in [-0.05, 0) is 25.5 Å². The summed E-state index contributed by atoms with van der Waals surface area (Å²) in [5.74, 6) is 2.69. The van der Waals surface area contributed by atoms with Crippen LogP contribution in [0, 0.1) is 12.8 Å². The summed E-state index contributed by atoms with van der Waals surface area (Å²) in [7, 11) is 0. The zero-order chi connectivity index (χ0) is 19.2. The summed E-state index contributed by atoms with van der Waals surface area (Å²) < 4.78 is 5.33. The molecular formula is C21H27N5O. The molecule has 0 bridgehead atoms. The first-order chi connectivity index (χ1) is 13.0. The van der Waals surface area contributed by atoms with Gasteiger partial charge in [-0.1, -0.05) is 49.7 Å². The zero-order valence-electron chi connectivity index (χ0n) is 16.5. The minimum atomic E-state index is 0.504. The van der Waals surface area contributed by atoms with Crippen LogP contribution in [0.25, 0.3) is 11.4 Å². The lowest BCUT2D eigenvalue weighted by atomic mass is 10.1. The molecule has 0 atom stereocenters. The second kappa shape index (κ2) is 8.86. The molecule has 1 aromatic carbocycles. The van der Waals surface area contributed by atoms with Gasteiger partial charge in [0.25, 0.3) is 0 Å². The van der Waals surface area contributed by atoms with Gasteiger partial charge in [0.15, 0.2) is 11.6 Å². The number of rotatable bonds is 8. The monoisotopic (exact) mass is 365 g/mol. The molecule has 3 aromatic rings. The van der Waals surface area contributed by atoms with Crippen LogP contribution in [0.3, 0.4) is 0 Å². The molecule has 0 radical (unpaired) electrons. The Hall–Kier alpha value is -2.60. The summed E-state index contributed by atoms with van der Waals surface area (Å²) in [6.07, 6.45) is 4.61. The minimum Gasteiger partial charge on any atom is -0.339 e. The number of nitrogens with zero attached hydrogens (tertiary/aromatic N) is 5. The third-order valence-corrected chi connectivity index (χ3v) is 4.29. The zero-order valence-corrected chi connectivity index (χ0v) is 16.5. The minimum absolute atomic E-state index is 0.504. The average molecular weight is 365 g/mol. The molecule has 0 aliphatic rings. The van der Waals surface area contributed by atoms with Gasteiger partial charge >= 0.3 is 0 Å². The van der Waals surface area contributed by atoms with Crippen LogP contribution >= 0.6 is 0 Å². The lowest BCUT2D eigenvalue weighted by molar-refractivity contribution is 0.258. The van der Waals surface area contributed by atoms with E-state index >= 15 is 0 Å². The van der Waals surface area contributed by atoms with Crippen LogP contribution in [0.1, 0.15) is 43.6 Å². The first-order valence-electron chi connectivity index (χ1n) is 9.45. The van der Waals surface area contributed by atoms with Gasteiger partial charge in [-0.3, -0.25) is 4.90 Å². The van der Waals surface area contributed by atoms with E-state index in [1.807, 2.05) is 24.5 Å². The highest BCUT2D eigenvalue weighted by Crippen LogP contribution is 2.16. The second-order valence-corrected chi connectivity index (χ2v) is 7.29. The van der Waals surface area contributed by atoms with Crippen molar-refractivity contribution in [2.45, 2.75) is 47.2 Å². The molecule has 2 heterocycles. The van der Waals surface area contributed by atoms with Crippen molar-refractivity contribution in [2.75, 3.05) is 6.54 Å². The fraction of sp³-hybridized carbons (Fsp3) is 0.429. The molecule has 6 nitrogen and oxygen atoms in total. The maximum atomic E-state index is 5.33. The van der Waals surface area contributed by atoms with Crippen LogP contribution in [0.4, 0.5) is 0 Å². The molecule has 2 aromatic heterocycles. The number of hydrogen-bond donors (Lipinski definition) is 0. The van der Waals surface area contributed by atoms with Crippen molar-refractivity contribution >= 4 is 0 Å². The predicted octanol–water partition coefficient (Wildman–Crippen LogP) is 4.06. The molecule has 0 unspecified atom stereocenters. The van der Waals surface area contributed by atoms with E-state index in [0.717, 1.165) is 42.3 Å². The van der Waals surface area contributed by atoms with Gasteiger partial charge in [-0.25, -0.2) is 9.97 Å². The molecule has 0 spiro atoms. The summed E-state index contributed by atoms with van der Waals surface area (Å²) in [6, 6.07) is 8.23. The van der Waals surface area contributed by atoms with Crippen LogP contribution in [0.2, 0.25) is 0 Å². The van der Waals surface area contributed by atoms with Crippen LogP contribution in [0.5, 0.6) is 0 Å². The summed E-state index contributed by atoms with van der Waals surface area (Å²) in [5.41, 5.74) is 3.31. The molecule has 0 aliphatic heterocycles. The van der Waals surface area contributed by atoms with Gasteiger partial charge in [0.1, 0.15) is 0 Å². The Morgan fingerprint density at radius 2 is 1.89 bits per heavy atom. The summed E-state index contributed by atoms with van der Waals surface area (Å²) in [5, 5.41) is 4.10. The van der Waals surface area contributed by atoms with Crippen molar-refractivity contribution < 1.29 is 4.52 Å². The van der Waals surface area contributed by atoms with E-state index < -0.39 is 0 Å². The maximum Gasteiger partial charge on any atom is 0.226 e. The summed E-state index contributed by atoms with van der Waals surface area (Å²) >= 11 is 0. The van der Waals surface area contributed by atoms with Crippen LogP contribution < -0.4 is 0 Å². The van der Waals surface area contributed by atoms with Gasteiger partial charge in [-0.15, -0.1) is 0 Å². The second-order valence-electron chi connectivity index (χ2n) is 7.29. The first kappa shape index (κ1) is 19.2. The Bertz CT molecular complexity index is 857. The van der Waals surface area contributed by atoms with E-state index in [9.17, 15) is 0 Å². The van der Waals surface area contributed by atoms with Crippen molar-refractivity contribution in [3.05, 3.63) is 59.5 Å². The molecule has 0 saturated carbocycles. The third-order valence-electron chi connectivity index (χ3n) is 4.29. The number of benzene rings is 1. The van der Waals surface area contributed by atoms with Crippen molar-refractivity contribution in [1.29, 1.82) is 0 Å². The first-order valence-corrected chi connectivity index (χ1v) is 9.45. The van der Waals surface area contributed by atoms with Crippen molar-refractivity contribution in [3.8, 4) is 11.4 Å². The van der Waals surface area contributed by atoms with Gasteiger partial charge in [-0.2, -0.15) is 4.98 Å². The fourth-order valence-electron chi connectivity index (χ4n) is 2.89. The molecule has 0 saturated heterocycles. The van der Waals surface area contributed by atoms with Gasteiger partial charge in [0.05, 0.1) is 6.54 Å². The Kier molecular flexibility index (Phi) is 6.29. The molecule has 3 rings (SSSR count). The summed E-state index contributed by atoms with van der Waals surface area (Å²) in [6.45, 7) is 10.8. The highest BCUT2D eigenvalue weighted by Gasteiger charge is 2.13. The highest BCUT2D eigenvalue weighted by atomic mass is 16.5. The van der Waals surface area contributed by atoms with Crippen molar-refractivity contribution in [2.24, 2.45) is 5.92 Å². The predicted molar refractivity (Wildman–Crippen MR) is 105 cm³/mol. The molecule has 6 heteroatoms. The van der Waals surface area contributed by atoms with Gasteiger partial charge < -0.3 is 4.52 Å². The molecule has 0 fully saturated rings. The van der Waals surface area contributed by atoms with E-state index in [0.29, 0.717) is 18.4 Å². The molecule has 0 amide bonds. The van der Waals surface area contributed by atoms with E-state index in [2.05, 4.69) is 64.8 Å². The fourth-order valence-corrected chi connectivity index (χ4v) is 2.89. The SMILES string of the molecule is CCN(Cc1cnc(-c2cccc(C)c2)nc1)Cc1noc(CC(C)C)n1. The Balaban J connectivity index is 1.63. The Morgan fingerprint density at radius 1 is 1.11 bits per heavy atom. The van der Waals surface area contributed by atoms with E-state index in [4.69, 9.17) is 4.52 Å². The topological polar surface area (TPSA) is 67.9 Å². The molecule has 142 valence electrons. The summed E-state index contributed by atoms with van der Waals surface area (Å²) in [4.78, 5) is 15.8. The average Bonchev–Trinajstić information content (AvgIpc) is 3.08. The Morgan fingerprint density at radius 3 is 2.56 bits per heavy atom. The van der Waals surface area contributed by atoms with E-state index in [1.54, 1.807) is 0 Å². The molecule has 0 aliphatic carbocycles. The lowest BCUT2D eigenvalue weighted by Gasteiger charge is -2.18. The van der Waals surface area contributed by atoms with Gasteiger partial charge in [0, 0.05) is 36.5 Å². The van der Waals surface area contributed by atoms with Crippen LogP contribution in [-0.2, 0) is 19.5 Å². The van der Waals surface area contributed by atoms with E-state index in [-0.39, 0.29) is 0 Å². The smallest absolute Gasteiger partial charge is 0.226 e.